The fourth-order valence-corrected chi connectivity index (χ4v) is 2.37. The molecule has 1 aliphatic heterocycles. The number of hydrogen-bond donors (Lipinski definition) is 1. The molecule has 1 fully saturated rings. The summed E-state index contributed by atoms with van der Waals surface area (Å²) in [5.74, 6) is 1.68. The summed E-state index contributed by atoms with van der Waals surface area (Å²) in [5, 5.41) is 3.68. The largest absolute Gasteiger partial charge is 0.493 e. The number of aromatic nitrogens is 1. The van der Waals surface area contributed by atoms with Crippen LogP contribution in [0.5, 0.6) is 11.5 Å². The first kappa shape index (κ1) is 13.8. The highest BCUT2D eigenvalue weighted by Gasteiger charge is 2.18. The summed E-state index contributed by atoms with van der Waals surface area (Å²) in [6.45, 7) is 1.48. The lowest BCUT2D eigenvalue weighted by Gasteiger charge is -2.24. The van der Waals surface area contributed by atoms with Gasteiger partial charge in [0.2, 0.25) is 5.88 Å². The maximum atomic E-state index is 6.00. The molecule has 6 heteroatoms. The Hall–Kier alpha value is -2.21. The van der Waals surface area contributed by atoms with Crippen molar-refractivity contribution in [3.63, 3.8) is 0 Å². The number of nitrogens with zero attached hydrogens (tertiary/aromatic N) is 1. The van der Waals surface area contributed by atoms with Gasteiger partial charge in [-0.3, -0.25) is 0 Å². The van der Waals surface area contributed by atoms with Crippen molar-refractivity contribution in [1.29, 1.82) is 0 Å². The standard InChI is InChI=1S/C15H18N2O4/c1-18-14-8-10(12-9-17-21-15(12)16)2-3-13(14)20-11-4-6-19-7-5-11/h2-3,8-9,11H,4-7,16H2,1H3. The Kier molecular flexibility index (Phi) is 3.96. The lowest BCUT2D eigenvalue weighted by atomic mass is 10.1. The van der Waals surface area contributed by atoms with Crippen molar-refractivity contribution in [2.45, 2.75) is 18.9 Å². The molecule has 2 N–H and O–H groups in total. The predicted molar refractivity (Wildman–Crippen MR) is 77.4 cm³/mol. The van der Waals surface area contributed by atoms with Crippen LogP contribution in [-0.2, 0) is 4.74 Å². The first-order valence-electron chi connectivity index (χ1n) is 6.91. The number of rotatable bonds is 4. The third-order valence-electron chi connectivity index (χ3n) is 3.53. The molecule has 0 atom stereocenters. The molecule has 1 aromatic carbocycles. The van der Waals surface area contributed by atoms with Crippen molar-refractivity contribution in [2.75, 3.05) is 26.1 Å². The Labute approximate surface area is 122 Å². The van der Waals surface area contributed by atoms with Gasteiger partial charge < -0.3 is 24.5 Å². The lowest BCUT2D eigenvalue weighted by Crippen LogP contribution is -2.26. The molecule has 0 bridgehead atoms. The van der Waals surface area contributed by atoms with E-state index in [4.69, 9.17) is 24.5 Å². The second-order valence-corrected chi connectivity index (χ2v) is 4.90. The smallest absolute Gasteiger partial charge is 0.229 e. The van der Waals surface area contributed by atoms with Crippen LogP contribution in [0.25, 0.3) is 11.1 Å². The highest BCUT2D eigenvalue weighted by molar-refractivity contribution is 5.74. The molecular formula is C15H18N2O4. The van der Waals surface area contributed by atoms with E-state index in [1.807, 2.05) is 18.2 Å². The first-order chi connectivity index (χ1) is 10.3. The van der Waals surface area contributed by atoms with E-state index < -0.39 is 0 Å². The van der Waals surface area contributed by atoms with E-state index in [0.29, 0.717) is 5.75 Å². The first-order valence-corrected chi connectivity index (χ1v) is 6.91. The SMILES string of the molecule is COc1cc(-c2cnoc2N)ccc1OC1CCOCC1. The van der Waals surface area contributed by atoms with Gasteiger partial charge in [0.25, 0.3) is 0 Å². The molecule has 21 heavy (non-hydrogen) atoms. The molecule has 6 nitrogen and oxygen atoms in total. The molecule has 112 valence electrons. The third-order valence-corrected chi connectivity index (χ3v) is 3.53. The second kappa shape index (κ2) is 6.05. The molecule has 2 heterocycles. The third kappa shape index (κ3) is 2.95. The van der Waals surface area contributed by atoms with Crippen molar-refractivity contribution in [2.24, 2.45) is 0 Å². The van der Waals surface area contributed by atoms with Gasteiger partial charge in [-0.15, -0.1) is 0 Å². The van der Waals surface area contributed by atoms with Gasteiger partial charge in [0.05, 0.1) is 32.1 Å². The van der Waals surface area contributed by atoms with Gasteiger partial charge in [-0.2, -0.15) is 0 Å². The number of hydrogen-bond acceptors (Lipinski definition) is 6. The van der Waals surface area contributed by atoms with E-state index in [-0.39, 0.29) is 12.0 Å². The normalized spacial score (nSPS) is 15.9. The van der Waals surface area contributed by atoms with Gasteiger partial charge >= 0.3 is 0 Å². The maximum absolute atomic E-state index is 6.00. The quantitative estimate of drug-likeness (QED) is 0.932. The van der Waals surface area contributed by atoms with Gasteiger partial charge in [-0.25, -0.2) is 0 Å². The maximum Gasteiger partial charge on any atom is 0.229 e. The Morgan fingerprint density at radius 3 is 2.71 bits per heavy atom. The van der Waals surface area contributed by atoms with Gasteiger partial charge in [-0.05, 0) is 17.7 Å². The van der Waals surface area contributed by atoms with E-state index in [1.165, 1.54) is 0 Å². The van der Waals surface area contributed by atoms with Gasteiger partial charge in [0.15, 0.2) is 11.5 Å². The van der Waals surface area contributed by atoms with Crippen LogP contribution in [0.2, 0.25) is 0 Å². The molecule has 1 saturated heterocycles. The topological polar surface area (TPSA) is 79.7 Å². The highest BCUT2D eigenvalue weighted by atomic mass is 16.5. The molecule has 2 aromatic rings. The summed E-state index contributed by atoms with van der Waals surface area (Å²) < 4.78 is 21.6. The summed E-state index contributed by atoms with van der Waals surface area (Å²) >= 11 is 0. The average molecular weight is 290 g/mol. The van der Waals surface area contributed by atoms with Crippen molar-refractivity contribution < 1.29 is 18.7 Å². The fourth-order valence-electron chi connectivity index (χ4n) is 2.37. The summed E-state index contributed by atoms with van der Waals surface area (Å²) in [5.41, 5.74) is 7.36. The van der Waals surface area contributed by atoms with Crippen molar-refractivity contribution >= 4 is 5.88 Å². The Morgan fingerprint density at radius 1 is 1.24 bits per heavy atom. The zero-order valence-electron chi connectivity index (χ0n) is 11.9. The van der Waals surface area contributed by atoms with E-state index >= 15 is 0 Å². The zero-order chi connectivity index (χ0) is 14.7. The number of nitrogens with two attached hydrogens (primary N) is 1. The molecule has 1 aliphatic rings. The molecule has 0 aliphatic carbocycles. The van der Waals surface area contributed by atoms with Crippen molar-refractivity contribution in [3.8, 4) is 22.6 Å². The van der Waals surface area contributed by atoms with Crippen LogP contribution in [0, 0.1) is 0 Å². The van der Waals surface area contributed by atoms with Gasteiger partial charge in [-0.1, -0.05) is 11.2 Å². The Morgan fingerprint density at radius 2 is 2.05 bits per heavy atom. The summed E-state index contributed by atoms with van der Waals surface area (Å²) in [7, 11) is 1.62. The molecule has 0 saturated carbocycles. The lowest BCUT2D eigenvalue weighted by molar-refractivity contribution is 0.0245. The van der Waals surface area contributed by atoms with Gasteiger partial charge in [0.1, 0.15) is 6.10 Å². The summed E-state index contributed by atoms with van der Waals surface area (Å²) in [6.07, 6.45) is 3.54. The Balaban J connectivity index is 1.83. The van der Waals surface area contributed by atoms with Crippen molar-refractivity contribution in [1.82, 2.24) is 5.16 Å². The van der Waals surface area contributed by atoms with Gasteiger partial charge in [0, 0.05) is 12.8 Å². The Bertz CT molecular complexity index is 605. The molecule has 3 rings (SSSR count). The molecule has 1 aromatic heterocycles. The monoisotopic (exact) mass is 290 g/mol. The molecule has 0 radical (unpaired) electrons. The minimum Gasteiger partial charge on any atom is -0.493 e. The minimum absolute atomic E-state index is 0.166. The van der Waals surface area contributed by atoms with E-state index in [1.54, 1.807) is 13.3 Å². The van der Waals surface area contributed by atoms with Crippen LogP contribution in [0.3, 0.4) is 0 Å². The van der Waals surface area contributed by atoms with E-state index in [0.717, 1.165) is 42.9 Å². The molecule has 0 spiro atoms. The van der Waals surface area contributed by atoms with E-state index in [9.17, 15) is 0 Å². The van der Waals surface area contributed by atoms with Crippen LogP contribution >= 0.6 is 0 Å². The van der Waals surface area contributed by atoms with Crippen LogP contribution in [0.1, 0.15) is 12.8 Å². The molecular weight excluding hydrogens is 272 g/mol. The number of benzene rings is 1. The van der Waals surface area contributed by atoms with Crippen LogP contribution in [0.4, 0.5) is 5.88 Å². The summed E-state index contributed by atoms with van der Waals surface area (Å²) in [4.78, 5) is 0. The van der Waals surface area contributed by atoms with Crippen LogP contribution in [0.15, 0.2) is 28.9 Å². The number of ether oxygens (including phenoxy) is 3. The second-order valence-electron chi connectivity index (χ2n) is 4.90. The number of methoxy groups -OCH3 is 1. The average Bonchev–Trinajstić information content (AvgIpc) is 2.95. The fraction of sp³-hybridized carbons (Fsp3) is 0.400. The predicted octanol–water partition coefficient (Wildman–Crippen LogP) is 2.49. The minimum atomic E-state index is 0.166. The van der Waals surface area contributed by atoms with E-state index in [2.05, 4.69) is 5.16 Å². The molecule has 0 amide bonds. The molecule has 0 unspecified atom stereocenters. The highest BCUT2D eigenvalue weighted by Crippen LogP contribution is 2.35. The van der Waals surface area contributed by atoms with Crippen molar-refractivity contribution in [3.05, 3.63) is 24.4 Å². The zero-order valence-corrected chi connectivity index (χ0v) is 11.9. The number of nitrogen functional groups attached to an aromatic ring is 1. The van der Waals surface area contributed by atoms with Crippen LogP contribution in [-0.4, -0.2) is 31.6 Å². The van der Waals surface area contributed by atoms with Crippen LogP contribution < -0.4 is 15.2 Å². The summed E-state index contributed by atoms with van der Waals surface area (Å²) in [6, 6.07) is 5.67. The number of anilines is 1.